The van der Waals surface area contributed by atoms with Gasteiger partial charge in [0.05, 0.1) is 5.41 Å². The molecule has 0 saturated heterocycles. The number of nitrogens with zero attached hydrogens (tertiary/aromatic N) is 1. The minimum absolute atomic E-state index is 0.0469. The lowest BCUT2D eigenvalue weighted by atomic mass is 9.81. The summed E-state index contributed by atoms with van der Waals surface area (Å²) < 4.78 is 13.2. The predicted molar refractivity (Wildman–Crippen MR) is 57.5 cm³/mol. The zero-order valence-corrected chi connectivity index (χ0v) is 9.17. The zero-order valence-electron chi connectivity index (χ0n) is 9.17. The molecule has 15 heavy (non-hydrogen) atoms. The largest absolute Gasteiger partial charge is 0.314 e. The van der Waals surface area contributed by atoms with Crippen LogP contribution in [0, 0.1) is 5.82 Å². The van der Waals surface area contributed by atoms with Crippen molar-refractivity contribution < 1.29 is 9.18 Å². The maximum absolute atomic E-state index is 13.2. The molecule has 0 spiro atoms. The second-order valence-corrected chi connectivity index (χ2v) is 4.21. The number of likely N-dealkylation sites (N-methyl/N-ethyl adjacent to an activating group) is 1. The van der Waals surface area contributed by atoms with Crippen LogP contribution in [0.25, 0.3) is 0 Å². The van der Waals surface area contributed by atoms with E-state index in [1.54, 1.807) is 18.0 Å². The second-order valence-electron chi connectivity index (χ2n) is 4.21. The number of halogens is 1. The summed E-state index contributed by atoms with van der Waals surface area (Å²) in [6, 6.07) is 4.54. The summed E-state index contributed by atoms with van der Waals surface area (Å²) in [6.45, 7) is 3.82. The van der Waals surface area contributed by atoms with Crippen LogP contribution < -0.4 is 4.90 Å². The molecule has 1 amide bonds. The van der Waals surface area contributed by atoms with E-state index in [-0.39, 0.29) is 11.7 Å². The van der Waals surface area contributed by atoms with Gasteiger partial charge in [-0.15, -0.1) is 0 Å². The second kappa shape index (κ2) is 3.05. The number of amides is 1. The molecule has 1 atom stereocenters. The van der Waals surface area contributed by atoms with Gasteiger partial charge in [0, 0.05) is 12.7 Å². The number of benzene rings is 1. The highest BCUT2D eigenvalue weighted by molar-refractivity contribution is 6.07. The summed E-state index contributed by atoms with van der Waals surface area (Å²) in [4.78, 5) is 13.6. The van der Waals surface area contributed by atoms with Gasteiger partial charge in [-0.2, -0.15) is 0 Å². The van der Waals surface area contributed by atoms with Crippen molar-refractivity contribution in [3.05, 3.63) is 29.6 Å². The molecule has 1 aromatic carbocycles. The summed E-state index contributed by atoms with van der Waals surface area (Å²) in [5.74, 6) is -0.234. The third kappa shape index (κ3) is 1.19. The number of carbonyl (C=O) groups is 1. The van der Waals surface area contributed by atoms with Crippen LogP contribution in [-0.2, 0) is 10.2 Å². The smallest absolute Gasteiger partial charge is 0.237 e. The van der Waals surface area contributed by atoms with E-state index >= 15 is 0 Å². The number of hydrogen-bond acceptors (Lipinski definition) is 1. The van der Waals surface area contributed by atoms with Gasteiger partial charge in [-0.25, -0.2) is 4.39 Å². The van der Waals surface area contributed by atoms with Gasteiger partial charge in [-0.3, -0.25) is 4.79 Å². The zero-order chi connectivity index (χ0) is 11.2. The molecule has 0 aliphatic carbocycles. The first kappa shape index (κ1) is 10.1. The van der Waals surface area contributed by atoms with Gasteiger partial charge in [0.15, 0.2) is 0 Å². The summed E-state index contributed by atoms with van der Waals surface area (Å²) >= 11 is 0. The molecule has 1 heterocycles. The Balaban J connectivity index is 2.67. The van der Waals surface area contributed by atoms with Crippen LogP contribution in [0.2, 0.25) is 0 Å². The number of anilines is 1. The van der Waals surface area contributed by atoms with E-state index < -0.39 is 5.41 Å². The van der Waals surface area contributed by atoms with Crippen LogP contribution in [0.4, 0.5) is 10.1 Å². The SMILES string of the molecule is CCC1(C)C(=O)N(C)c2ccc(F)cc21. The van der Waals surface area contributed by atoms with Crippen molar-refractivity contribution in [2.45, 2.75) is 25.7 Å². The summed E-state index contributed by atoms with van der Waals surface area (Å²) in [5.41, 5.74) is 1.06. The third-order valence-electron chi connectivity index (χ3n) is 3.40. The Bertz CT molecular complexity index is 430. The van der Waals surface area contributed by atoms with E-state index in [4.69, 9.17) is 0 Å². The molecule has 2 rings (SSSR count). The molecule has 3 heteroatoms. The van der Waals surface area contributed by atoms with Crippen molar-refractivity contribution in [3.63, 3.8) is 0 Å². The van der Waals surface area contributed by atoms with Crippen LogP contribution >= 0.6 is 0 Å². The van der Waals surface area contributed by atoms with E-state index in [0.717, 1.165) is 11.3 Å². The number of carbonyl (C=O) groups excluding carboxylic acids is 1. The summed E-state index contributed by atoms with van der Waals surface area (Å²) in [6.07, 6.45) is 0.687. The van der Waals surface area contributed by atoms with E-state index in [9.17, 15) is 9.18 Å². The van der Waals surface area contributed by atoms with E-state index in [1.807, 2.05) is 13.8 Å². The Hall–Kier alpha value is -1.38. The first-order valence-electron chi connectivity index (χ1n) is 5.09. The number of rotatable bonds is 1. The van der Waals surface area contributed by atoms with Gasteiger partial charge < -0.3 is 4.90 Å². The minimum Gasteiger partial charge on any atom is -0.314 e. The van der Waals surface area contributed by atoms with Gasteiger partial charge in [0.2, 0.25) is 5.91 Å². The Morgan fingerprint density at radius 1 is 1.47 bits per heavy atom. The standard InChI is InChI=1S/C12H14FNO/c1-4-12(2)9-7-8(13)5-6-10(9)14(3)11(12)15/h5-7H,4H2,1-3H3. The molecule has 0 radical (unpaired) electrons. The molecule has 0 N–H and O–H groups in total. The summed E-state index contributed by atoms with van der Waals surface area (Å²) in [7, 11) is 1.74. The van der Waals surface area contributed by atoms with Crippen LogP contribution in [-0.4, -0.2) is 13.0 Å². The molecule has 2 nitrogen and oxygen atoms in total. The summed E-state index contributed by atoms with van der Waals surface area (Å²) in [5, 5.41) is 0. The van der Waals surface area contributed by atoms with Crippen molar-refractivity contribution in [2.75, 3.05) is 11.9 Å². The maximum atomic E-state index is 13.2. The van der Waals surface area contributed by atoms with Crippen LogP contribution in [0.5, 0.6) is 0 Å². The van der Waals surface area contributed by atoms with Gasteiger partial charge in [-0.1, -0.05) is 6.92 Å². The lowest BCUT2D eigenvalue weighted by Gasteiger charge is -2.20. The molecule has 80 valence electrons. The normalized spacial score (nSPS) is 24.5. The van der Waals surface area contributed by atoms with Gasteiger partial charge >= 0.3 is 0 Å². The molecule has 1 unspecified atom stereocenters. The number of fused-ring (bicyclic) bond motifs is 1. The maximum Gasteiger partial charge on any atom is 0.237 e. The fourth-order valence-corrected chi connectivity index (χ4v) is 2.18. The van der Waals surface area contributed by atoms with Gasteiger partial charge in [0.25, 0.3) is 0 Å². The lowest BCUT2D eigenvalue weighted by Crippen LogP contribution is -2.35. The fraction of sp³-hybridized carbons (Fsp3) is 0.417. The average Bonchev–Trinajstić information content (AvgIpc) is 2.42. The third-order valence-corrected chi connectivity index (χ3v) is 3.40. The van der Waals surface area contributed by atoms with E-state index in [2.05, 4.69) is 0 Å². The van der Waals surface area contributed by atoms with Crippen molar-refractivity contribution >= 4 is 11.6 Å². The quantitative estimate of drug-likeness (QED) is 0.692. The monoisotopic (exact) mass is 207 g/mol. The van der Waals surface area contributed by atoms with E-state index in [0.29, 0.717) is 6.42 Å². The van der Waals surface area contributed by atoms with Crippen LogP contribution in [0.15, 0.2) is 18.2 Å². The van der Waals surface area contributed by atoms with Crippen molar-refractivity contribution in [1.29, 1.82) is 0 Å². The molecule has 1 aliphatic heterocycles. The lowest BCUT2D eigenvalue weighted by molar-refractivity contribution is -0.122. The topological polar surface area (TPSA) is 20.3 Å². The predicted octanol–water partition coefficient (Wildman–Crippen LogP) is 2.47. The molecule has 0 aromatic heterocycles. The minimum atomic E-state index is -0.563. The molecular weight excluding hydrogens is 193 g/mol. The molecule has 0 bridgehead atoms. The van der Waals surface area contributed by atoms with Crippen LogP contribution in [0.3, 0.4) is 0 Å². The highest BCUT2D eigenvalue weighted by Gasteiger charge is 2.44. The van der Waals surface area contributed by atoms with Crippen molar-refractivity contribution in [2.24, 2.45) is 0 Å². The van der Waals surface area contributed by atoms with Crippen LogP contribution in [0.1, 0.15) is 25.8 Å². The first-order chi connectivity index (χ1) is 7.00. The molecule has 0 fully saturated rings. The van der Waals surface area contributed by atoms with E-state index in [1.165, 1.54) is 12.1 Å². The molecule has 0 saturated carbocycles. The number of hydrogen-bond donors (Lipinski definition) is 0. The fourth-order valence-electron chi connectivity index (χ4n) is 2.18. The van der Waals surface area contributed by atoms with Gasteiger partial charge in [0.1, 0.15) is 5.82 Å². The Labute approximate surface area is 88.7 Å². The Kier molecular flexibility index (Phi) is 2.07. The first-order valence-corrected chi connectivity index (χ1v) is 5.09. The van der Waals surface area contributed by atoms with Crippen molar-refractivity contribution in [1.82, 2.24) is 0 Å². The Morgan fingerprint density at radius 3 is 2.73 bits per heavy atom. The molecule has 1 aliphatic rings. The Morgan fingerprint density at radius 2 is 2.13 bits per heavy atom. The highest BCUT2D eigenvalue weighted by atomic mass is 19.1. The molecule has 1 aromatic rings. The average molecular weight is 207 g/mol. The van der Waals surface area contributed by atoms with Gasteiger partial charge in [-0.05, 0) is 37.1 Å². The molecular formula is C12H14FNO. The van der Waals surface area contributed by atoms with Crippen molar-refractivity contribution in [3.8, 4) is 0 Å². The highest BCUT2D eigenvalue weighted by Crippen LogP contribution is 2.43.